The van der Waals surface area contributed by atoms with E-state index in [0.717, 1.165) is 37.7 Å². The van der Waals surface area contributed by atoms with Gasteiger partial charge in [0.15, 0.2) is 0 Å². The maximum Gasteiger partial charge on any atom is 0.122 e. The molecule has 1 aromatic heterocycles. The number of nitrogens with one attached hydrogen (secondary N) is 3. The maximum absolute atomic E-state index is 5.82. The van der Waals surface area contributed by atoms with Crippen molar-refractivity contribution in [3.05, 3.63) is 54.0 Å². The summed E-state index contributed by atoms with van der Waals surface area (Å²) in [7, 11) is 0. The molecule has 3 heterocycles. The Morgan fingerprint density at radius 2 is 1.92 bits per heavy atom. The van der Waals surface area contributed by atoms with Crippen LogP contribution in [0.15, 0.2) is 46.9 Å². The summed E-state index contributed by atoms with van der Waals surface area (Å²) in [5, 5.41) is 3.79. The van der Waals surface area contributed by atoms with Crippen LogP contribution in [0.2, 0.25) is 0 Å². The highest BCUT2D eigenvalue weighted by Gasteiger charge is 2.31. The first-order valence-corrected chi connectivity index (χ1v) is 9.38. The number of hydrogen-bond acceptors (Lipinski definition) is 5. The van der Waals surface area contributed by atoms with Crippen molar-refractivity contribution in [1.82, 2.24) is 16.2 Å². The highest BCUT2D eigenvalue weighted by Crippen LogP contribution is 2.26. The number of benzene rings is 1. The minimum absolute atomic E-state index is 0.255. The van der Waals surface area contributed by atoms with E-state index in [9.17, 15) is 0 Å². The molecule has 0 aliphatic carbocycles. The van der Waals surface area contributed by atoms with Gasteiger partial charge >= 0.3 is 0 Å². The van der Waals surface area contributed by atoms with Gasteiger partial charge in [-0.3, -0.25) is 5.43 Å². The smallest absolute Gasteiger partial charge is 0.122 e. The zero-order chi connectivity index (χ0) is 17.1. The van der Waals surface area contributed by atoms with Crippen molar-refractivity contribution in [2.45, 2.75) is 31.8 Å². The first-order valence-electron chi connectivity index (χ1n) is 9.38. The van der Waals surface area contributed by atoms with Crippen LogP contribution in [0.5, 0.6) is 0 Å². The Kier molecular flexibility index (Phi) is 5.06. The third-order valence-electron chi connectivity index (χ3n) is 5.45. The number of rotatable bonds is 5. The molecule has 5 nitrogen and oxygen atoms in total. The molecular weight excluding hydrogens is 312 g/mol. The first-order chi connectivity index (χ1) is 12.3. The third kappa shape index (κ3) is 3.89. The number of para-hydroxylation sites is 1. The molecule has 2 atom stereocenters. The molecule has 4 rings (SSSR count). The molecule has 2 aromatic rings. The summed E-state index contributed by atoms with van der Waals surface area (Å²) in [6.45, 7) is 6.24. The Morgan fingerprint density at radius 3 is 2.64 bits per heavy atom. The van der Waals surface area contributed by atoms with Crippen molar-refractivity contribution in [2.75, 3.05) is 31.1 Å². The van der Waals surface area contributed by atoms with Crippen LogP contribution in [0.4, 0.5) is 5.69 Å². The normalized spacial score (nSPS) is 24.8. The lowest BCUT2D eigenvalue weighted by Crippen LogP contribution is -2.44. The SMILES string of the molecule is Cc1ccc(C2NNCC2CNC2CCN(c3ccccc3)CC2)o1. The molecule has 1 aromatic carbocycles. The monoisotopic (exact) mass is 340 g/mol. The van der Waals surface area contributed by atoms with Gasteiger partial charge in [0.25, 0.3) is 0 Å². The summed E-state index contributed by atoms with van der Waals surface area (Å²) < 4.78 is 5.82. The standard InChI is InChI=1S/C20H28N4O/c1-15-7-8-19(25-15)20-16(14-22-23-20)13-21-17-9-11-24(12-10-17)18-5-3-2-4-6-18/h2-8,16-17,20-23H,9-14H2,1H3. The fourth-order valence-electron chi connectivity index (χ4n) is 3.95. The van der Waals surface area contributed by atoms with Gasteiger partial charge in [-0.05, 0) is 44.0 Å². The summed E-state index contributed by atoms with van der Waals surface area (Å²) >= 11 is 0. The predicted molar refractivity (Wildman–Crippen MR) is 100 cm³/mol. The number of hydrazine groups is 1. The molecule has 0 spiro atoms. The van der Waals surface area contributed by atoms with Crippen molar-refractivity contribution in [2.24, 2.45) is 5.92 Å². The fourth-order valence-corrected chi connectivity index (χ4v) is 3.95. The van der Waals surface area contributed by atoms with Gasteiger partial charge in [-0.1, -0.05) is 18.2 Å². The van der Waals surface area contributed by atoms with Gasteiger partial charge in [0.1, 0.15) is 11.5 Å². The van der Waals surface area contributed by atoms with Crippen molar-refractivity contribution in [1.29, 1.82) is 0 Å². The van der Waals surface area contributed by atoms with E-state index in [4.69, 9.17) is 4.42 Å². The molecule has 2 saturated heterocycles. The average molecular weight is 340 g/mol. The molecular formula is C20H28N4O. The zero-order valence-electron chi connectivity index (χ0n) is 14.9. The van der Waals surface area contributed by atoms with E-state index in [0.29, 0.717) is 12.0 Å². The lowest BCUT2D eigenvalue weighted by atomic mass is 9.98. The number of furan rings is 1. The van der Waals surface area contributed by atoms with E-state index >= 15 is 0 Å². The number of piperidine rings is 1. The highest BCUT2D eigenvalue weighted by molar-refractivity contribution is 5.46. The second-order valence-corrected chi connectivity index (χ2v) is 7.22. The minimum Gasteiger partial charge on any atom is -0.465 e. The van der Waals surface area contributed by atoms with Crippen LogP contribution < -0.4 is 21.1 Å². The van der Waals surface area contributed by atoms with Gasteiger partial charge in [0.2, 0.25) is 0 Å². The van der Waals surface area contributed by atoms with E-state index in [1.165, 1.54) is 18.5 Å². The highest BCUT2D eigenvalue weighted by atomic mass is 16.3. The van der Waals surface area contributed by atoms with Gasteiger partial charge in [-0.15, -0.1) is 0 Å². The third-order valence-corrected chi connectivity index (χ3v) is 5.45. The van der Waals surface area contributed by atoms with Crippen molar-refractivity contribution < 1.29 is 4.42 Å². The maximum atomic E-state index is 5.82. The Morgan fingerprint density at radius 1 is 1.12 bits per heavy atom. The molecule has 0 bridgehead atoms. The number of aryl methyl sites for hydroxylation is 1. The fraction of sp³-hybridized carbons (Fsp3) is 0.500. The van der Waals surface area contributed by atoms with Crippen LogP contribution in [-0.4, -0.2) is 32.2 Å². The summed E-state index contributed by atoms with van der Waals surface area (Å²) in [5.74, 6) is 2.52. The van der Waals surface area contributed by atoms with E-state index in [1.807, 2.05) is 13.0 Å². The van der Waals surface area contributed by atoms with E-state index in [-0.39, 0.29) is 6.04 Å². The lowest BCUT2D eigenvalue weighted by molar-refractivity contribution is 0.333. The lowest BCUT2D eigenvalue weighted by Gasteiger charge is -2.34. The van der Waals surface area contributed by atoms with E-state index < -0.39 is 0 Å². The van der Waals surface area contributed by atoms with E-state index in [2.05, 4.69) is 57.5 Å². The molecule has 5 heteroatoms. The minimum atomic E-state index is 0.255. The predicted octanol–water partition coefficient (Wildman–Crippen LogP) is 2.61. The van der Waals surface area contributed by atoms with Crippen LogP contribution in [0, 0.1) is 12.8 Å². The molecule has 2 unspecified atom stereocenters. The topological polar surface area (TPSA) is 52.5 Å². The summed E-state index contributed by atoms with van der Waals surface area (Å²) in [6, 6.07) is 15.7. The molecule has 2 aliphatic heterocycles. The van der Waals surface area contributed by atoms with Crippen LogP contribution in [0.3, 0.4) is 0 Å². The van der Waals surface area contributed by atoms with Gasteiger partial charge in [0, 0.05) is 43.8 Å². The van der Waals surface area contributed by atoms with E-state index in [1.54, 1.807) is 0 Å². The van der Waals surface area contributed by atoms with Gasteiger partial charge in [-0.2, -0.15) is 0 Å². The molecule has 0 radical (unpaired) electrons. The van der Waals surface area contributed by atoms with Crippen LogP contribution in [0.1, 0.15) is 30.4 Å². The largest absolute Gasteiger partial charge is 0.465 e. The molecule has 25 heavy (non-hydrogen) atoms. The van der Waals surface area contributed by atoms with Crippen molar-refractivity contribution >= 4 is 5.69 Å². The Hall–Kier alpha value is -1.82. The second-order valence-electron chi connectivity index (χ2n) is 7.22. The quantitative estimate of drug-likeness (QED) is 0.781. The summed E-state index contributed by atoms with van der Waals surface area (Å²) in [6.07, 6.45) is 2.40. The van der Waals surface area contributed by atoms with Crippen LogP contribution in [0.25, 0.3) is 0 Å². The number of hydrogen-bond donors (Lipinski definition) is 3. The number of anilines is 1. The Balaban J connectivity index is 1.26. The average Bonchev–Trinajstić information content (AvgIpc) is 3.29. The van der Waals surface area contributed by atoms with Gasteiger partial charge in [0.05, 0.1) is 6.04 Å². The van der Waals surface area contributed by atoms with Crippen LogP contribution >= 0.6 is 0 Å². The zero-order valence-corrected chi connectivity index (χ0v) is 14.9. The first kappa shape index (κ1) is 16.6. The molecule has 2 aliphatic rings. The molecule has 3 N–H and O–H groups in total. The number of nitrogens with zero attached hydrogens (tertiary/aromatic N) is 1. The van der Waals surface area contributed by atoms with Crippen molar-refractivity contribution in [3.63, 3.8) is 0 Å². The summed E-state index contributed by atoms with van der Waals surface area (Å²) in [5.41, 5.74) is 7.99. The van der Waals surface area contributed by atoms with Gasteiger partial charge in [-0.25, -0.2) is 5.43 Å². The Labute approximate surface area is 149 Å². The van der Waals surface area contributed by atoms with Gasteiger partial charge < -0.3 is 14.6 Å². The van der Waals surface area contributed by atoms with Crippen molar-refractivity contribution in [3.8, 4) is 0 Å². The molecule has 0 saturated carbocycles. The van der Waals surface area contributed by atoms with Crippen LogP contribution in [-0.2, 0) is 0 Å². The molecule has 134 valence electrons. The molecule has 0 amide bonds. The Bertz CT molecular complexity index is 663. The second kappa shape index (κ2) is 7.60. The molecule has 2 fully saturated rings. The summed E-state index contributed by atoms with van der Waals surface area (Å²) in [4.78, 5) is 2.49.